The molecule has 0 bridgehead atoms. The zero-order valence-corrected chi connectivity index (χ0v) is 15.9. The largest absolute Gasteiger partial charge is 0.463 e. The van der Waals surface area contributed by atoms with Crippen LogP contribution in [0, 0.1) is 0 Å². The highest BCUT2D eigenvalue weighted by molar-refractivity contribution is 5.97. The van der Waals surface area contributed by atoms with Gasteiger partial charge in [-0.1, -0.05) is 18.9 Å². The molecule has 27 heavy (non-hydrogen) atoms. The molecule has 1 heterocycles. The molecule has 1 aromatic rings. The lowest BCUT2D eigenvalue weighted by atomic mass is 10.1. The fourth-order valence-corrected chi connectivity index (χ4v) is 2.94. The van der Waals surface area contributed by atoms with Crippen LogP contribution in [0.5, 0.6) is 0 Å². The second-order valence-corrected chi connectivity index (χ2v) is 6.55. The van der Waals surface area contributed by atoms with Crippen molar-refractivity contribution in [3.8, 4) is 0 Å². The van der Waals surface area contributed by atoms with E-state index in [0.29, 0.717) is 17.9 Å². The molecule has 2 rings (SSSR count). The van der Waals surface area contributed by atoms with Gasteiger partial charge in [0.2, 0.25) is 5.91 Å². The third-order valence-corrected chi connectivity index (χ3v) is 4.39. The number of hydrogen-bond donors (Lipinski definition) is 1. The number of amides is 2. The Morgan fingerprint density at radius 1 is 1.04 bits per heavy atom. The van der Waals surface area contributed by atoms with E-state index in [1.165, 1.54) is 7.11 Å². The van der Waals surface area contributed by atoms with Crippen LogP contribution in [-0.4, -0.2) is 56.1 Å². The Balaban J connectivity index is 1.84. The summed E-state index contributed by atoms with van der Waals surface area (Å²) in [6.07, 6.45) is 4.41. The first-order chi connectivity index (χ1) is 13.1. The molecule has 1 aromatic carbocycles. The topological polar surface area (TPSA) is 84.9 Å². The van der Waals surface area contributed by atoms with Crippen LogP contribution in [-0.2, 0) is 19.1 Å². The molecule has 2 amide bonds. The average Bonchev–Trinajstić information content (AvgIpc) is 2.96. The third-order valence-electron chi connectivity index (χ3n) is 4.39. The highest BCUT2D eigenvalue weighted by Gasteiger charge is 2.17. The van der Waals surface area contributed by atoms with Gasteiger partial charge in [-0.15, -0.1) is 0 Å². The van der Waals surface area contributed by atoms with Crippen LogP contribution in [0.3, 0.4) is 0 Å². The third kappa shape index (κ3) is 7.38. The fourth-order valence-electron chi connectivity index (χ4n) is 2.94. The summed E-state index contributed by atoms with van der Waals surface area (Å²) in [4.78, 5) is 38.1. The van der Waals surface area contributed by atoms with Crippen LogP contribution in [0.1, 0.15) is 48.9 Å². The van der Waals surface area contributed by atoms with Crippen LogP contribution in [0.25, 0.3) is 0 Å². The number of esters is 1. The van der Waals surface area contributed by atoms with Crippen molar-refractivity contribution in [2.45, 2.75) is 38.5 Å². The lowest BCUT2D eigenvalue weighted by Gasteiger charge is -2.20. The lowest BCUT2D eigenvalue weighted by Crippen LogP contribution is -2.31. The van der Waals surface area contributed by atoms with Gasteiger partial charge in [0.25, 0.3) is 5.91 Å². The SMILES string of the molecule is COCCOC(=O)CCC(=O)Nc1cccc(C(=O)N2CCCCCC2)c1. The number of nitrogens with one attached hydrogen (secondary N) is 1. The van der Waals surface area contributed by atoms with Gasteiger partial charge in [-0.25, -0.2) is 0 Å². The van der Waals surface area contributed by atoms with Crippen molar-refractivity contribution < 1.29 is 23.9 Å². The Kier molecular flexibility index (Phi) is 8.77. The van der Waals surface area contributed by atoms with Crippen molar-refractivity contribution in [1.29, 1.82) is 0 Å². The second kappa shape index (κ2) is 11.3. The molecule has 0 aromatic heterocycles. The van der Waals surface area contributed by atoms with Gasteiger partial charge in [0.05, 0.1) is 13.0 Å². The lowest BCUT2D eigenvalue weighted by molar-refractivity contribution is -0.145. The molecular weight excluding hydrogens is 348 g/mol. The second-order valence-electron chi connectivity index (χ2n) is 6.55. The molecular formula is C20H28N2O5. The first-order valence-electron chi connectivity index (χ1n) is 9.44. The quantitative estimate of drug-likeness (QED) is 0.557. The van der Waals surface area contributed by atoms with Gasteiger partial charge in [0.15, 0.2) is 0 Å². The van der Waals surface area contributed by atoms with Gasteiger partial charge in [0.1, 0.15) is 6.61 Å². The van der Waals surface area contributed by atoms with Crippen molar-refractivity contribution in [2.75, 3.05) is 38.7 Å². The zero-order valence-electron chi connectivity index (χ0n) is 15.9. The Morgan fingerprint density at radius 3 is 2.48 bits per heavy atom. The van der Waals surface area contributed by atoms with Gasteiger partial charge in [-0.3, -0.25) is 14.4 Å². The highest BCUT2D eigenvalue weighted by atomic mass is 16.6. The van der Waals surface area contributed by atoms with Crippen LogP contribution < -0.4 is 5.32 Å². The van der Waals surface area contributed by atoms with Crippen LogP contribution in [0.15, 0.2) is 24.3 Å². The molecule has 1 aliphatic heterocycles. The summed E-state index contributed by atoms with van der Waals surface area (Å²) in [6, 6.07) is 6.92. The van der Waals surface area contributed by atoms with Gasteiger partial charge >= 0.3 is 5.97 Å². The summed E-state index contributed by atoms with van der Waals surface area (Å²) in [6.45, 7) is 2.06. The van der Waals surface area contributed by atoms with E-state index in [0.717, 1.165) is 38.8 Å². The van der Waals surface area contributed by atoms with E-state index in [2.05, 4.69) is 5.32 Å². The first-order valence-corrected chi connectivity index (χ1v) is 9.44. The molecule has 1 N–H and O–H groups in total. The summed E-state index contributed by atoms with van der Waals surface area (Å²) in [7, 11) is 1.52. The first kappa shape index (κ1) is 20.9. The Bertz CT molecular complexity index is 639. The fraction of sp³-hybridized carbons (Fsp3) is 0.550. The van der Waals surface area contributed by atoms with Crippen molar-refractivity contribution in [3.05, 3.63) is 29.8 Å². The number of anilines is 1. The number of carbonyl (C=O) groups excluding carboxylic acids is 3. The molecule has 0 unspecified atom stereocenters. The zero-order chi connectivity index (χ0) is 19.5. The molecule has 1 aliphatic rings. The molecule has 0 saturated carbocycles. The minimum absolute atomic E-state index is 0.00193. The molecule has 1 fully saturated rings. The van der Waals surface area contributed by atoms with Crippen molar-refractivity contribution >= 4 is 23.5 Å². The van der Waals surface area contributed by atoms with E-state index >= 15 is 0 Å². The van der Waals surface area contributed by atoms with E-state index in [9.17, 15) is 14.4 Å². The predicted octanol–water partition coefficient (Wildman–Crippen LogP) is 2.61. The number of ether oxygens (including phenoxy) is 2. The number of nitrogens with zero attached hydrogens (tertiary/aromatic N) is 1. The molecule has 7 nitrogen and oxygen atoms in total. The Hall–Kier alpha value is -2.41. The van der Waals surface area contributed by atoms with Crippen molar-refractivity contribution in [2.24, 2.45) is 0 Å². The maximum absolute atomic E-state index is 12.7. The molecule has 0 atom stereocenters. The number of hydrogen-bond acceptors (Lipinski definition) is 5. The monoisotopic (exact) mass is 376 g/mol. The van der Waals surface area contributed by atoms with E-state index < -0.39 is 5.97 Å². The summed E-state index contributed by atoms with van der Waals surface area (Å²) in [5.74, 6) is -0.736. The number of rotatable bonds is 8. The van der Waals surface area contributed by atoms with E-state index in [4.69, 9.17) is 9.47 Å². The number of likely N-dealkylation sites (tertiary alicyclic amines) is 1. The van der Waals surface area contributed by atoms with Gasteiger partial charge in [0, 0.05) is 37.9 Å². The van der Waals surface area contributed by atoms with E-state index in [-0.39, 0.29) is 31.3 Å². The summed E-state index contributed by atoms with van der Waals surface area (Å²) < 4.78 is 9.71. The maximum Gasteiger partial charge on any atom is 0.306 e. The number of benzene rings is 1. The van der Waals surface area contributed by atoms with Gasteiger partial charge in [-0.05, 0) is 31.0 Å². The van der Waals surface area contributed by atoms with Crippen LogP contribution in [0.4, 0.5) is 5.69 Å². The molecule has 0 radical (unpaired) electrons. The van der Waals surface area contributed by atoms with E-state index in [1.807, 2.05) is 4.90 Å². The highest BCUT2D eigenvalue weighted by Crippen LogP contribution is 2.16. The smallest absolute Gasteiger partial charge is 0.306 e. The van der Waals surface area contributed by atoms with Gasteiger partial charge in [-0.2, -0.15) is 0 Å². The van der Waals surface area contributed by atoms with Crippen molar-refractivity contribution in [3.63, 3.8) is 0 Å². The predicted molar refractivity (Wildman–Crippen MR) is 102 cm³/mol. The molecule has 7 heteroatoms. The minimum Gasteiger partial charge on any atom is -0.463 e. The standard InChI is InChI=1S/C20H28N2O5/c1-26-13-14-27-19(24)10-9-18(23)21-17-8-6-7-16(15-17)20(25)22-11-4-2-3-5-12-22/h6-8,15H,2-5,9-14H2,1H3,(H,21,23). The summed E-state index contributed by atoms with van der Waals surface area (Å²) >= 11 is 0. The van der Waals surface area contributed by atoms with Crippen LogP contribution in [0.2, 0.25) is 0 Å². The minimum atomic E-state index is -0.438. The summed E-state index contributed by atoms with van der Waals surface area (Å²) in [5, 5.41) is 2.73. The average molecular weight is 376 g/mol. The molecule has 1 saturated heterocycles. The van der Waals surface area contributed by atoms with E-state index in [1.54, 1.807) is 24.3 Å². The number of carbonyl (C=O) groups is 3. The van der Waals surface area contributed by atoms with Gasteiger partial charge < -0.3 is 19.7 Å². The maximum atomic E-state index is 12.7. The molecule has 148 valence electrons. The van der Waals surface area contributed by atoms with Crippen molar-refractivity contribution in [1.82, 2.24) is 4.90 Å². The Morgan fingerprint density at radius 2 is 1.78 bits per heavy atom. The number of methoxy groups -OCH3 is 1. The summed E-state index contributed by atoms with van der Waals surface area (Å²) in [5.41, 5.74) is 1.11. The molecule has 0 spiro atoms. The molecule has 0 aliphatic carbocycles. The normalized spacial score (nSPS) is 14.3. The Labute approximate surface area is 160 Å². The van der Waals surface area contributed by atoms with Crippen LogP contribution >= 0.6 is 0 Å².